The lowest BCUT2D eigenvalue weighted by Crippen LogP contribution is -2.59. The molecule has 5 aliphatic rings. The highest BCUT2D eigenvalue weighted by atomic mass is 16.3. The van der Waals surface area contributed by atoms with E-state index in [4.69, 9.17) is 0 Å². The average molecular weight is 324 g/mol. The molecule has 4 heteroatoms. The monoisotopic (exact) mass is 324 g/mol. The van der Waals surface area contributed by atoms with Crippen LogP contribution in [0.1, 0.15) is 24.1 Å². The number of nitrogens with zero attached hydrogens (tertiary/aromatic N) is 1. The number of fused-ring (bicyclic) bond motifs is 2. The van der Waals surface area contributed by atoms with E-state index < -0.39 is 5.60 Å². The van der Waals surface area contributed by atoms with Gasteiger partial charge in [0, 0.05) is 18.4 Å². The molecule has 4 nitrogen and oxygen atoms in total. The number of hydrogen-bond acceptors (Lipinski definition) is 3. The van der Waals surface area contributed by atoms with Crippen LogP contribution in [0.5, 0.6) is 0 Å². The smallest absolute Gasteiger partial charge is 0.224 e. The number of hydrogen-bond donors (Lipinski definition) is 2. The van der Waals surface area contributed by atoms with E-state index in [-0.39, 0.29) is 5.91 Å². The van der Waals surface area contributed by atoms with Gasteiger partial charge in [-0.25, -0.2) is 0 Å². The molecule has 126 valence electrons. The van der Waals surface area contributed by atoms with Gasteiger partial charge in [-0.05, 0) is 78.7 Å². The molecule has 5 saturated carbocycles. The van der Waals surface area contributed by atoms with Crippen LogP contribution in [-0.4, -0.2) is 28.1 Å². The third-order valence-electron chi connectivity index (χ3n) is 8.43. The predicted molar refractivity (Wildman–Crippen MR) is 87.8 cm³/mol. The quantitative estimate of drug-likeness (QED) is 0.883. The Morgan fingerprint density at radius 3 is 2.79 bits per heavy atom. The lowest BCUT2D eigenvalue weighted by atomic mass is 9.56. The summed E-state index contributed by atoms with van der Waals surface area (Å²) in [6.45, 7) is 2.40. The molecule has 0 saturated heterocycles. The van der Waals surface area contributed by atoms with Crippen LogP contribution in [0, 0.1) is 54.3 Å². The zero-order valence-electron chi connectivity index (χ0n) is 14.0. The number of aliphatic hydroxyl groups is 1. The van der Waals surface area contributed by atoms with Gasteiger partial charge in [-0.15, -0.1) is 0 Å². The van der Waals surface area contributed by atoms with E-state index in [0.717, 1.165) is 46.8 Å². The number of aromatic nitrogens is 1. The number of nitrogens with one attached hydrogen (secondary N) is 1. The summed E-state index contributed by atoms with van der Waals surface area (Å²) in [5.74, 6) is 5.85. The fourth-order valence-corrected chi connectivity index (χ4v) is 8.05. The maximum atomic E-state index is 12.3. The largest absolute Gasteiger partial charge is 0.387 e. The molecule has 0 aliphatic heterocycles. The number of pyridine rings is 1. The molecule has 0 spiro atoms. The molecular formula is C20H24N2O2. The van der Waals surface area contributed by atoms with Gasteiger partial charge in [0.1, 0.15) is 0 Å². The molecule has 1 aromatic heterocycles. The summed E-state index contributed by atoms with van der Waals surface area (Å²) >= 11 is 0. The molecule has 9 unspecified atom stereocenters. The van der Waals surface area contributed by atoms with Gasteiger partial charge in [0.2, 0.25) is 5.91 Å². The van der Waals surface area contributed by atoms with E-state index in [1.54, 1.807) is 6.20 Å². The number of amides is 1. The van der Waals surface area contributed by atoms with Crippen molar-refractivity contribution in [2.45, 2.75) is 31.8 Å². The van der Waals surface area contributed by atoms with Gasteiger partial charge in [0.15, 0.2) is 0 Å². The van der Waals surface area contributed by atoms with E-state index in [9.17, 15) is 9.90 Å². The lowest BCUT2D eigenvalue weighted by Gasteiger charge is -2.51. The molecule has 0 aromatic carbocycles. The fraction of sp³-hybridized carbons (Fsp3) is 0.700. The Morgan fingerprint density at radius 1 is 1.21 bits per heavy atom. The average Bonchev–Trinajstić information content (AvgIpc) is 3.07. The van der Waals surface area contributed by atoms with Crippen molar-refractivity contribution in [3.8, 4) is 0 Å². The van der Waals surface area contributed by atoms with Crippen molar-refractivity contribution in [1.82, 2.24) is 10.3 Å². The van der Waals surface area contributed by atoms with Crippen molar-refractivity contribution >= 4 is 5.91 Å². The molecule has 2 bridgehead atoms. The van der Waals surface area contributed by atoms with Crippen LogP contribution in [0.3, 0.4) is 0 Å². The third-order valence-corrected chi connectivity index (χ3v) is 8.43. The summed E-state index contributed by atoms with van der Waals surface area (Å²) < 4.78 is 0. The number of carbonyl (C=O) groups excluding carboxylic acids is 1. The maximum Gasteiger partial charge on any atom is 0.224 e. The van der Waals surface area contributed by atoms with E-state index in [1.807, 2.05) is 19.1 Å². The second kappa shape index (κ2) is 4.21. The molecular weight excluding hydrogens is 300 g/mol. The van der Waals surface area contributed by atoms with Crippen molar-refractivity contribution < 1.29 is 9.90 Å². The molecule has 2 N–H and O–H groups in total. The third kappa shape index (κ3) is 1.42. The first-order valence-corrected chi connectivity index (χ1v) is 9.48. The summed E-state index contributed by atoms with van der Waals surface area (Å²) in [6, 6.07) is 3.89. The maximum absolute atomic E-state index is 12.3. The predicted octanol–water partition coefficient (Wildman–Crippen LogP) is 1.56. The summed E-state index contributed by atoms with van der Waals surface area (Å²) in [6.07, 6.45) is 4.85. The van der Waals surface area contributed by atoms with Crippen LogP contribution in [0.4, 0.5) is 0 Å². The minimum absolute atomic E-state index is 0.00687. The summed E-state index contributed by atoms with van der Waals surface area (Å²) in [4.78, 5) is 16.6. The summed E-state index contributed by atoms with van der Waals surface area (Å²) in [5.41, 5.74) is 1.28. The summed E-state index contributed by atoms with van der Waals surface area (Å²) in [7, 11) is 0. The van der Waals surface area contributed by atoms with Crippen LogP contribution in [-0.2, 0) is 11.2 Å². The SMILES string of the molecule is Cc1ccc(CC(=O)NCC2(O)C3C4CC5C6C4CC3C6C52)cn1. The Bertz CT molecular complexity index is 726. The van der Waals surface area contributed by atoms with Gasteiger partial charge < -0.3 is 10.4 Å². The van der Waals surface area contributed by atoms with Crippen molar-refractivity contribution in [3.05, 3.63) is 29.6 Å². The van der Waals surface area contributed by atoms with E-state index in [2.05, 4.69) is 10.3 Å². The first kappa shape index (κ1) is 13.8. The van der Waals surface area contributed by atoms with Gasteiger partial charge in [0.25, 0.3) is 0 Å². The minimum atomic E-state index is -0.619. The zero-order valence-corrected chi connectivity index (χ0v) is 14.0. The van der Waals surface area contributed by atoms with Crippen molar-refractivity contribution in [3.63, 3.8) is 0 Å². The molecule has 1 aromatic rings. The molecule has 24 heavy (non-hydrogen) atoms. The topological polar surface area (TPSA) is 62.2 Å². The molecule has 6 rings (SSSR count). The molecule has 5 fully saturated rings. The first-order chi connectivity index (χ1) is 11.6. The van der Waals surface area contributed by atoms with Gasteiger partial charge in [-0.2, -0.15) is 0 Å². The van der Waals surface area contributed by atoms with Crippen LogP contribution >= 0.6 is 0 Å². The first-order valence-electron chi connectivity index (χ1n) is 9.48. The van der Waals surface area contributed by atoms with Crippen LogP contribution in [0.25, 0.3) is 0 Å². The second-order valence-corrected chi connectivity index (χ2v) is 9.09. The summed E-state index contributed by atoms with van der Waals surface area (Å²) in [5, 5.41) is 14.5. The number of rotatable bonds is 4. The molecule has 0 radical (unpaired) electrons. The Kier molecular flexibility index (Phi) is 2.43. The number of carbonyl (C=O) groups is 1. The second-order valence-electron chi connectivity index (χ2n) is 9.09. The Labute approximate surface area is 142 Å². The van der Waals surface area contributed by atoms with Crippen LogP contribution in [0.15, 0.2) is 18.3 Å². The molecule has 5 aliphatic carbocycles. The zero-order chi connectivity index (χ0) is 16.2. The van der Waals surface area contributed by atoms with E-state index in [1.165, 1.54) is 12.8 Å². The Morgan fingerprint density at radius 2 is 2.00 bits per heavy atom. The van der Waals surface area contributed by atoms with Crippen LogP contribution in [0.2, 0.25) is 0 Å². The van der Waals surface area contributed by atoms with Gasteiger partial charge in [-0.1, -0.05) is 6.07 Å². The molecule has 1 heterocycles. The normalized spacial score (nSPS) is 51.2. The minimum Gasteiger partial charge on any atom is -0.387 e. The van der Waals surface area contributed by atoms with E-state index in [0.29, 0.717) is 24.8 Å². The molecule has 9 atom stereocenters. The highest BCUT2D eigenvalue weighted by molar-refractivity contribution is 5.78. The van der Waals surface area contributed by atoms with Gasteiger partial charge in [0.05, 0.1) is 12.0 Å². The van der Waals surface area contributed by atoms with Crippen molar-refractivity contribution in [2.24, 2.45) is 47.3 Å². The standard InChI is InChI=1S/C20H24N2O2/c1-9-2-3-10(7-21-9)4-15(23)22-8-20(24)18-12-6-13-16-11(12)5-14(18)17(16)19(13)20/h2-3,7,11-14,16-19,24H,4-6,8H2,1H3,(H,22,23). The van der Waals surface area contributed by atoms with Gasteiger partial charge in [-0.3, -0.25) is 9.78 Å². The highest BCUT2D eigenvalue weighted by Gasteiger charge is 2.84. The van der Waals surface area contributed by atoms with E-state index >= 15 is 0 Å². The fourth-order valence-electron chi connectivity index (χ4n) is 8.05. The lowest BCUT2D eigenvalue weighted by molar-refractivity contribution is -0.137. The Hall–Kier alpha value is -1.42. The van der Waals surface area contributed by atoms with Crippen molar-refractivity contribution in [2.75, 3.05) is 6.54 Å². The number of aryl methyl sites for hydroxylation is 1. The van der Waals surface area contributed by atoms with Gasteiger partial charge >= 0.3 is 0 Å². The highest BCUT2D eigenvalue weighted by Crippen LogP contribution is 2.85. The Balaban J connectivity index is 1.17. The van der Waals surface area contributed by atoms with Crippen LogP contribution < -0.4 is 5.32 Å². The molecule has 1 amide bonds. The van der Waals surface area contributed by atoms with Crippen molar-refractivity contribution in [1.29, 1.82) is 0 Å².